The Morgan fingerprint density at radius 1 is 1.50 bits per heavy atom. The lowest BCUT2D eigenvalue weighted by Gasteiger charge is -2.26. The van der Waals surface area contributed by atoms with Crippen molar-refractivity contribution in [2.75, 3.05) is 13.2 Å². The Labute approximate surface area is 125 Å². The Morgan fingerprint density at radius 3 is 2.82 bits per heavy atom. The number of hydrogen-bond acceptors (Lipinski definition) is 6. The van der Waals surface area contributed by atoms with Crippen molar-refractivity contribution in [1.29, 1.82) is 0 Å². The Balaban J connectivity index is 2.25. The predicted molar refractivity (Wildman–Crippen MR) is 74.4 cm³/mol. The summed E-state index contributed by atoms with van der Waals surface area (Å²) in [6, 6.07) is -0.00703. The van der Waals surface area contributed by atoms with Crippen molar-refractivity contribution in [1.82, 2.24) is 14.6 Å². The van der Waals surface area contributed by atoms with Crippen LogP contribution < -0.4 is 11.2 Å². The zero-order valence-corrected chi connectivity index (χ0v) is 12.2. The van der Waals surface area contributed by atoms with E-state index in [4.69, 9.17) is 4.74 Å². The van der Waals surface area contributed by atoms with Gasteiger partial charge in [-0.25, -0.2) is 9.18 Å². The minimum absolute atomic E-state index is 0.231. The molecule has 2 heterocycles. The highest BCUT2D eigenvalue weighted by Crippen LogP contribution is 2.33. The largest absolute Gasteiger partial charge is 0.394 e. The number of unbranched alkanes of at least 4 members (excludes halogenated alkanes) is 1. The summed E-state index contributed by atoms with van der Waals surface area (Å²) in [7, 11) is 0. The number of halogens is 1. The molecule has 124 valence electrons. The molecule has 2 rings (SSSR count). The lowest BCUT2D eigenvalue weighted by Crippen LogP contribution is -2.46. The normalized spacial score (nSPS) is 28.4. The van der Waals surface area contributed by atoms with Gasteiger partial charge in [0.25, 0.3) is 5.56 Å². The summed E-state index contributed by atoms with van der Waals surface area (Å²) >= 11 is 0. The van der Waals surface area contributed by atoms with Crippen molar-refractivity contribution < 1.29 is 19.4 Å². The molecule has 3 N–H and O–H groups in total. The second-order valence-electron chi connectivity index (χ2n) is 5.22. The third-order valence-corrected chi connectivity index (χ3v) is 3.68. The summed E-state index contributed by atoms with van der Waals surface area (Å²) in [6.07, 6.45) is -1.43. The van der Waals surface area contributed by atoms with Crippen LogP contribution in [0.5, 0.6) is 0 Å². The number of H-pyrrole nitrogens is 1. The van der Waals surface area contributed by atoms with E-state index in [9.17, 15) is 24.3 Å². The van der Waals surface area contributed by atoms with Crippen LogP contribution in [0, 0.1) is 0 Å². The average Bonchev–Trinajstić information content (AvgIpc) is 2.81. The number of nitrogens with one attached hydrogen (secondary N) is 1. The van der Waals surface area contributed by atoms with Gasteiger partial charge in [0.2, 0.25) is 0 Å². The zero-order chi connectivity index (χ0) is 16.3. The standard InChI is InChI=1S/C13H20FN3O5/c1-2-3-5-17(21)11-8(7-18)22-12(10(11)14)16-6-4-9(19)15-13(16)20/h4,6,8,10-12,18,21H,2-3,5,7H2,1H3,(H,15,19,20)/t8-,10+,11-,12-/m1/s1. The monoisotopic (exact) mass is 317 g/mol. The van der Waals surface area contributed by atoms with Crippen LogP contribution in [0.1, 0.15) is 26.0 Å². The van der Waals surface area contributed by atoms with Crippen molar-refractivity contribution >= 4 is 0 Å². The Kier molecular flexibility index (Phi) is 5.46. The number of rotatable bonds is 6. The van der Waals surface area contributed by atoms with Gasteiger partial charge < -0.3 is 15.1 Å². The van der Waals surface area contributed by atoms with Crippen LogP contribution >= 0.6 is 0 Å². The summed E-state index contributed by atoms with van der Waals surface area (Å²) in [4.78, 5) is 24.8. The van der Waals surface area contributed by atoms with Crippen molar-refractivity contribution in [3.63, 3.8) is 0 Å². The van der Waals surface area contributed by atoms with Crippen LogP contribution in [0.15, 0.2) is 21.9 Å². The van der Waals surface area contributed by atoms with Gasteiger partial charge >= 0.3 is 5.69 Å². The number of aliphatic hydroxyl groups is 1. The number of aromatic amines is 1. The first-order valence-electron chi connectivity index (χ1n) is 7.17. The van der Waals surface area contributed by atoms with Crippen molar-refractivity contribution in [2.24, 2.45) is 0 Å². The maximum atomic E-state index is 14.6. The number of alkyl halides is 1. The molecule has 1 aliphatic rings. The summed E-state index contributed by atoms with van der Waals surface area (Å²) in [5, 5.41) is 20.1. The van der Waals surface area contributed by atoms with Gasteiger partial charge in [0.15, 0.2) is 12.4 Å². The van der Waals surface area contributed by atoms with E-state index in [1.165, 1.54) is 0 Å². The maximum absolute atomic E-state index is 14.6. The zero-order valence-electron chi connectivity index (χ0n) is 12.2. The molecule has 0 radical (unpaired) electrons. The molecule has 0 saturated carbocycles. The van der Waals surface area contributed by atoms with E-state index in [1.807, 2.05) is 11.9 Å². The molecule has 1 fully saturated rings. The van der Waals surface area contributed by atoms with Gasteiger partial charge in [-0.2, -0.15) is 5.06 Å². The second kappa shape index (κ2) is 7.14. The van der Waals surface area contributed by atoms with Gasteiger partial charge in [-0.05, 0) is 6.42 Å². The first kappa shape index (κ1) is 16.8. The molecule has 0 spiro atoms. The number of hydroxylamine groups is 2. The number of hydrogen-bond donors (Lipinski definition) is 3. The fourth-order valence-corrected chi connectivity index (χ4v) is 2.53. The summed E-state index contributed by atoms with van der Waals surface area (Å²) in [6.45, 7) is 1.66. The van der Waals surface area contributed by atoms with Gasteiger partial charge in [0.05, 0.1) is 12.6 Å². The summed E-state index contributed by atoms with van der Waals surface area (Å²) in [5.74, 6) is 0. The lowest BCUT2D eigenvalue weighted by molar-refractivity contribution is -0.155. The number of aliphatic hydroxyl groups excluding tert-OH is 1. The first-order valence-corrected chi connectivity index (χ1v) is 7.17. The molecule has 0 aromatic carbocycles. The molecule has 0 amide bonds. The van der Waals surface area contributed by atoms with E-state index < -0.39 is 42.4 Å². The highest BCUT2D eigenvalue weighted by Gasteiger charge is 2.48. The quantitative estimate of drug-likeness (QED) is 0.618. The van der Waals surface area contributed by atoms with E-state index in [1.54, 1.807) is 0 Å². The molecular weight excluding hydrogens is 297 g/mol. The van der Waals surface area contributed by atoms with E-state index in [-0.39, 0.29) is 6.54 Å². The van der Waals surface area contributed by atoms with E-state index in [0.717, 1.165) is 28.3 Å². The minimum atomic E-state index is -1.73. The molecule has 1 aromatic heterocycles. The Bertz CT molecular complexity index is 604. The smallest absolute Gasteiger partial charge is 0.330 e. The van der Waals surface area contributed by atoms with Gasteiger partial charge in [-0.15, -0.1) is 0 Å². The fourth-order valence-electron chi connectivity index (χ4n) is 2.53. The van der Waals surface area contributed by atoms with Gasteiger partial charge in [0.1, 0.15) is 6.10 Å². The number of aromatic nitrogens is 2. The molecule has 1 saturated heterocycles. The Hall–Kier alpha value is -1.55. The van der Waals surface area contributed by atoms with Gasteiger partial charge in [-0.1, -0.05) is 13.3 Å². The highest BCUT2D eigenvalue weighted by atomic mass is 19.1. The predicted octanol–water partition coefficient (Wildman–Crippen LogP) is -0.376. The first-order chi connectivity index (χ1) is 10.5. The average molecular weight is 317 g/mol. The SMILES string of the molecule is CCCCN(O)[C@H]1[C@H](F)[C@H](n2ccc(=O)[nH]c2=O)O[C@@H]1CO. The van der Waals surface area contributed by atoms with Crippen molar-refractivity contribution in [3.8, 4) is 0 Å². The van der Waals surface area contributed by atoms with E-state index >= 15 is 0 Å². The lowest BCUT2D eigenvalue weighted by atomic mass is 10.1. The number of ether oxygens (including phenoxy) is 1. The molecule has 4 atom stereocenters. The maximum Gasteiger partial charge on any atom is 0.330 e. The van der Waals surface area contributed by atoms with E-state index in [2.05, 4.69) is 0 Å². The highest BCUT2D eigenvalue weighted by molar-refractivity contribution is 4.96. The topological polar surface area (TPSA) is 108 Å². The molecule has 8 nitrogen and oxygen atoms in total. The van der Waals surface area contributed by atoms with Gasteiger partial charge in [-0.3, -0.25) is 14.3 Å². The van der Waals surface area contributed by atoms with Crippen LogP contribution in [0.25, 0.3) is 0 Å². The number of nitrogens with zero attached hydrogens (tertiary/aromatic N) is 2. The van der Waals surface area contributed by atoms with Crippen LogP contribution in [-0.2, 0) is 4.74 Å². The fraction of sp³-hybridized carbons (Fsp3) is 0.692. The third kappa shape index (κ3) is 3.27. The molecule has 1 aromatic rings. The second-order valence-corrected chi connectivity index (χ2v) is 5.22. The van der Waals surface area contributed by atoms with Crippen LogP contribution in [0.3, 0.4) is 0 Å². The van der Waals surface area contributed by atoms with Crippen molar-refractivity contribution in [2.45, 2.75) is 44.3 Å². The third-order valence-electron chi connectivity index (χ3n) is 3.68. The molecule has 0 bridgehead atoms. The minimum Gasteiger partial charge on any atom is -0.394 e. The molecule has 0 aliphatic carbocycles. The van der Waals surface area contributed by atoms with E-state index in [0.29, 0.717) is 6.42 Å². The summed E-state index contributed by atoms with van der Waals surface area (Å²) < 4.78 is 20.9. The van der Waals surface area contributed by atoms with Crippen LogP contribution in [0.2, 0.25) is 0 Å². The Morgan fingerprint density at radius 2 is 2.23 bits per heavy atom. The van der Waals surface area contributed by atoms with Gasteiger partial charge in [0, 0.05) is 18.8 Å². The van der Waals surface area contributed by atoms with Crippen molar-refractivity contribution in [3.05, 3.63) is 33.1 Å². The summed E-state index contributed by atoms with van der Waals surface area (Å²) in [5.41, 5.74) is -1.41. The van der Waals surface area contributed by atoms with Crippen LogP contribution in [0.4, 0.5) is 4.39 Å². The molecule has 1 aliphatic heterocycles. The molecule has 22 heavy (non-hydrogen) atoms. The molecule has 0 unspecified atom stereocenters. The molecular formula is C13H20FN3O5. The molecule has 9 heteroatoms. The van der Waals surface area contributed by atoms with Crippen LogP contribution in [-0.4, -0.2) is 56.4 Å².